The van der Waals surface area contributed by atoms with Crippen molar-refractivity contribution in [3.63, 3.8) is 0 Å². The number of hydrogen-bond donors (Lipinski definition) is 1. The predicted octanol–water partition coefficient (Wildman–Crippen LogP) is 5.16. The van der Waals surface area contributed by atoms with Crippen molar-refractivity contribution in [1.29, 1.82) is 5.26 Å². The summed E-state index contributed by atoms with van der Waals surface area (Å²) in [7, 11) is 1.62. The zero-order chi connectivity index (χ0) is 15.4. The summed E-state index contributed by atoms with van der Waals surface area (Å²) in [4.78, 5) is 0. The second kappa shape index (κ2) is 6.84. The van der Waals surface area contributed by atoms with Gasteiger partial charge in [-0.05, 0) is 52.7 Å². The van der Waals surface area contributed by atoms with Gasteiger partial charge in [-0.15, -0.1) is 0 Å². The Kier molecular flexibility index (Phi) is 5.11. The van der Waals surface area contributed by atoms with Crippen molar-refractivity contribution in [3.05, 3.63) is 57.0 Å². The molecule has 0 saturated heterocycles. The van der Waals surface area contributed by atoms with Crippen molar-refractivity contribution in [3.8, 4) is 11.8 Å². The second-order valence-electron chi connectivity index (χ2n) is 4.57. The van der Waals surface area contributed by atoms with Crippen molar-refractivity contribution < 1.29 is 4.74 Å². The maximum atomic E-state index is 8.83. The van der Waals surface area contributed by atoms with Gasteiger partial charge in [-0.25, -0.2) is 0 Å². The number of hydrogen-bond acceptors (Lipinski definition) is 3. The number of rotatable bonds is 4. The van der Waals surface area contributed by atoms with Crippen LogP contribution in [0.15, 0.2) is 40.9 Å². The van der Waals surface area contributed by atoms with Gasteiger partial charge in [-0.3, -0.25) is 0 Å². The van der Waals surface area contributed by atoms with Crippen LogP contribution in [0, 0.1) is 11.3 Å². The maximum absolute atomic E-state index is 8.83. The third-order valence-corrected chi connectivity index (χ3v) is 3.93. The van der Waals surface area contributed by atoms with Crippen LogP contribution in [0.1, 0.15) is 24.1 Å². The Hall–Kier alpha value is -1.70. The molecule has 0 aliphatic carbocycles. The molecule has 0 spiro atoms. The standard InChI is InChI=1S/C16H14BrClN2O/c1-10(12-5-3-11(9-19)4-6-12)20-15-8-13(18)7-14(17)16(15)21-2/h3-8,10,20H,1-2H3. The smallest absolute Gasteiger partial charge is 0.156 e. The summed E-state index contributed by atoms with van der Waals surface area (Å²) < 4.78 is 6.19. The van der Waals surface area contributed by atoms with E-state index in [0.29, 0.717) is 16.3 Å². The quantitative estimate of drug-likeness (QED) is 0.814. The normalized spacial score (nSPS) is 11.6. The fraction of sp³-hybridized carbons (Fsp3) is 0.188. The van der Waals surface area contributed by atoms with Crippen molar-refractivity contribution in [2.75, 3.05) is 12.4 Å². The highest BCUT2D eigenvalue weighted by atomic mass is 79.9. The van der Waals surface area contributed by atoms with Gasteiger partial charge in [0.1, 0.15) is 0 Å². The number of anilines is 1. The lowest BCUT2D eigenvalue weighted by Crippen LogP contribution is -2.08. The summed E-state index contributed by atoms with van der Waals surface area (Å²) in [6, 6.07) is 13.3. The number of ether oxygens (including phenoxy) is 1. The molecule has 108 valence electrons. The molecule has 2 aromatic rings. The largest absolute Gasteiger partial charge is 0.493 e. The van der Waals surface area contributed by atoms with Crippen LogP contribution in [-0.4, -0.2) is 7.11 Å². The van der Waals surface area contributed by atoms with E-state index in [9.17, 15) is 0 Å². The van der Waals surface area contributed by atoms with Crippen LogP contribution in [0.2, 0.25) is 5.02 Å². The topological polar surface area (TPSA) is 45.0 Å². The average Bonchev–Trinajstić information content (AvgIpc) is 2.47. The summed E-state index contributed by atoms with van der Waals surface area (Å²) in [6.07, 6.45) is 0. The van der Waals surface area contributed by atoms with Crippen molar-refractivity contribution in [2.24, 2.45) is 0 Å². The fourth-order valence-electron chi connectivity index (χ4n) is 2.04. The number of halogens is 2. The summed E-state index contributed by atoms with van der Waals surface area (Å²) in [6.45, 7) is 2.04. The van der Waals surface area contributed by atoms with E-state index in [4.69, 9.17) is 21.6 Å². The maximum Gasteiger partial charge on any atom is 0.156 e. The summed E-state index contributed by atoms with van der Waals surface area (Å²) in [5.41, 5.74) is 2.54. The van der Waals surface area contributed by atoms with Gasteiger partial charge < -0.3 is 10.1 Å². The van der Waals surface area contributed by atoms with Gasteiger partial charge in [-0.1, -0.05) is 23.7 Å². The molecule has 0 aliphatic heterocycles. The van der Waals surface area contributed by atoms with E-state index in [-0.39, 0.29) is 6.04 Å². The zero-order valence-electron chi connectivity index (χ0n) is 11.7. The minimum Gasteiger partial charge on any atom is -0.493 e. The summed E-state index contributed by atoms with van der Waals surface area (Å²) in [5, 5.41) is 12.8. The first-order valence-electron chi connectivity index (χ1n) is 6.34. The molecule has 1 atom stereocenters. The van der Waals surface area contributed by atoms with E-state index in [2.05, 4.69) is 27.3 Å². The molecular weight excluding hydrogens is 352 g/mol. The van der Waals surface area contributed by atoms with E-state index in [1.807, 2.05) is 25.1 Å². The monoisotopic (exact) mass is 364 g/mol. The molecule has 0 heterocycles. The Morgan fingerprint density at radius 2 is 1.95 bits per heavy atom. The highest BCUT2D eigenvalue weighted by Crippen LogP contribution is 2.37. The van der Waals surface area contributed by atoms with Gasteiger partial charge >= 0.3 is 0 Å². The summed E-state index contributed by atoms with van der Waals surface area (Å²) >= 11 is 9.52. The van der Waals surface area contributed by atoms with Crippen molar-refractivity contribution in [2.45, 2.75) is 13.0 Å². The Morgan fingerprint density at radius 3 is 2.52 bits per heavy atom. The average molecular weight is 366 g/mol. The third kappa shape index (κ3) is 3.69. The molecule has 0 fully saturated rings. The molecule has 0 radical (unpaired) electrons. The molecule has 2 rings (SSSR count). The molecule has 3 nitrogen and oxygen atoms in total. The van der Waals surface area contributed by atoms with Crippen LogP contribution in [0.3, 0.4) is 0 Å². The minimum atomic E-state index is 0.0528. The Labute approximate surface area is 137 Å². The van der Waals surface area contributed by atoms with E-state index < -0.39 is 0 Å². The van der Waals surface area contributed by atoms with E-state index in [1.54, 1.807) is 25.3 Å². The zero-order valence-corrected chi connectivity index (χ0v) is 14.0. The number of nitriles is 1. The highest BCUT2D eigenvalue weighted by Gasteiger charge is 2.13. The first-order chi connectivity index (χ1) is 10.0. The molecular formula is C16H14BrClN2O. The van der Waals surface area contributed by atoms with Crippen LogP contribution < -0.4 is 10.1 Å². The molecule has 5 heteroatoms. The molecule has 0 aromatic heterocycles. The molecule has 1 N–H and O–H groups in total. The number of benzene rings is 2. The van der Waals surface area contributed by atoms with Crippen LogP contribution in [-0.2, 0) is 0 Å². The van der Waals surface area contributed by atoms with Gasteiger partial charge in [0, 0.05) is 11.1 Å². The number of nitrogens with one attached hydrogen (secondary N) is 1. The van der Waals surface area contributed by atoms with Crippen molar-refractivity contribution in [1.82, 2.24) is 0 Å². The lowest BCUT2D eigenvalue weighted by molar-refractivity contribution is 0.413. The van der Waals surface area contributed by atoms with Crippen LogP contribution in [0.5, 0.6) is 5.75 Å². The fourth-order valence-corrected chi connectivity index (χ4v) is 3.01. The number of nitrogens with zero attached hydrogens (tertiary/aromatic N) is 1. The molecule has 0 bridgehead atoms. The van der Waals surface area contributed by atoms with Crippen LogP contribution >= 0.6 is 27.5 Å². The Morgan fingerprint density at radius 1 is 1.29 bits per heavy atom. The predicted molar refractivity (Wildman–Crippen MR) is 88.9 cm³/mol. The first kappa shape index (κ1) is 15.7. The van der Waals surface area contributed by atoms with Gasteiger partial charge in [0.25, 0.3) is 0 Å². The van der Waals surface area contributed by atoms with E-state index in [0.717, 1.165) is 15.7 Å². The van der Waals surface area contributed by atoms with Crippen molar-refractivity contribution >= 4 is 33.2 Å². The lowest BCUT2D eigenvalue weighted by atomic mass is 10.1. The van der Waals surface area contributed by atoms with Crippen LogP contribution in [0.4, 0.5) is 5.69 Å². The highest BCUT2D eigenvalue weighted by molar-refractivity contribution is 9.10. The lowest BCUT2D eigenvalue weighted by Gasteiger charge is -2.19. The first-order valence-corrected chi connectivity index (χ1v) is 7.52. The molecule has 1 unspecified atom stereocenters. The molecule has 0 aliphatic rings. The van der Waals surface area contributed by atoms with Gasteiger partial charge in [-0.2, -0.15) is 5.26 Å². The van der Waals surface area contributed by atoms with Gasteiger partial charge in [0.2, 0.25) is 0 Å². The Bertz CT molecular complexity index is 680. The van der Waals surface area contributed by atoms with E-state index in [1.165, 1.54) is 0 Å². The number of methoxy groups -OCH3 is 1. The van der Waals surface area contributed by atoms with Gasteiger partial charge in [0.15, 0.2) is 5.75 Å². The molecule has 2 aromatic carbocycles. The third-order valence-electron chi connectivity index (χ3n) is 3.12. The molecule has 0 saturated carbocycles. The SMILES string of the molecule is COc1c(Br)cc(Cl)cc1NC(C)c1ccc(C#N)cc1. The van der Waals surface area contributed by atoms with Gasteiger partial charge in [0.05, 0.1) is 28.9 Å². The summed E-state index contributed by atoms with van der Waals surface area (Å²) in [5.74, 6) is 0.708. The molecule has 21 heavy (non-hydrogen) atoms. The second-order valence-corrected chi connectivity index (χ2v) is 5.86. The van der Waals surface area contributed by atoms with Crippen LogP contribution in [0.25, 0.3) is 0 Å². The molecule has 0 amide bonds. The van der Waals surface area contributed by atoms with E-state index >= 15 is 0 Å². The Balaban J connectivity index is 2.26. The minimum absolute atomic E-state index is 0.0528.